The van der Waals surface area contributed by atoms with Crippen molar-refractivity contribution < 1.29 is 27.5 Å². The van der Waals surface area contributed by atoms with E-state index < -0.39 is 17.9 Å². The zero-order chi connectivity index (χ0) is 19.2. The third-order valence-corrected chi connectivity index (χ3v) is 3.33. The summed E-state index contributed by atoms with van der Waals surface area (Å²) < 4.78 is 43.5. The van der Waals surface area contributed by atoms with Crippen molar-refractivity contribution in [3.63, 3.8) is 0 Å². The summed E-state index contributed by atoms with van der Waals surface area (Å²) in [6, 6.07) is 16.6. The Morgan fingerprint density at radius 2 is 1.50 bits per heavy atom. The van der Waals surface area contributed by atoms with Gasteiger partial charge in [0, 0.05) is 12.5 Å². The van der Waals surface area contributed by atoms with Crippen molar-refractivity contribution in [1.82, 2.24) is 5.32 Å². The quantitative estimate of drug-likeness (QED) is 0.627. The summed E-state index contributed by atoms with van der Waals surface area (Å²) in [5.41, 5.74) is 0.625. The third kappa shape index (κ3) is 5.20. The lowest BCUT2D eigenvalue weighted by Crippen LogP contribution is -2.36. The number of hydrogen-bond acceptors (Lipinski definition) is 3. The van der Waals surface area contributed by atoms with E-state index in [0.29, 0.717) is 0 Å². The molecule has 26 heavy (non-hydrogen) atoms. The van der Waals surface area contributed by atoms with Gasteiger partial charge in [0.15, 0.2) is 11.5 Å². The molecule has 0 fully saturated rings. The first-order chi connectivity index (χ1) is 12.3. The van der Waals surface area contributed by atoms with E-state index in [1.54, 1.807) is 53.8 Å². The van der Waals surface area contributed by atoms with Gasteiger partial charge in [0.2, 0.25) is 0 Å². The summed E-state index contributed by atoms with van der Waals surface area (Å²) in [5, 5.41) is 1.76. The number of benzene rings is 2. The summed E-state index contributed by atoms with van der Waals surface area (Å²) in [7, 11) is 0. The van der Waals surface area contributed by atoms with E-state index >= 15 is 0 Å². The molecule has 0 saturated heterocycles. The Kier molecular flexibility index (Phi) is 6.16. The van der Waals surface area contributed by atoms with Crippen LogP contribution in [-0.2, 0) is 20.9 Å². The first-order valence-corrected chi connectivity index (χ1v) is 7.64. The van der Waals surface area contributed by atoms with Crippen LogP contribution in [0.5, 0.6) is 0 Å². The molecule has 1 N–H and O–H groups in total. The molecule has 0 spiro atoms. The number of carbonyl (C=O) groups is 2. The number of allylic oxidation sites excluding steroid dienone is 1. The zero-order valence-corrected chi connectivity index (χ0v) is 13.8. The van der Waals surface area contributed by atoms with Gasteiger partial charge in [-0.15, -0.1) is 0 Å². The Morgan fingerprint density at radius 1 is 0.962 bits per heavy atom. The van der Waals surface area contributed by atoms with E-state index in [1.807, 2.05) is 0 Å². The highest BCUT2D eigenvalue weighted by Crippen LogP contribution is 2.22. The largest absolute Gasteiger partial charge is 0.483 e. The van der Waals surface area contributed by atoms with E-state index in [0.717, 1.165) is 12.5 Å². The predicted octanol–water partition coefficient (Wildman–Crippen LogP) is 3.84. The summed E-state index contributed by atoms with van der Waals surface area (Å²) in [6.45, 7) is 1.12. The SMILES string of the molecule is CC(=O)/C(OCc1ccccc1)=C(\NC(=O)C(F)(F)F)c1ccccc1. The normalized spacial score (nSPS) is 12.2. The number of amides is 1. The highest BCUT2D eigenvalue weighted by atomic mass is 19.4. The van der Waals surface area contributed by atoms with Gasteiger partial charge >= 0.3 is 12.1 Å². The number of ether oxygens (including phenoxy) is 1. The maximum absolute atomic E-state index is 12.7. The lowest BCUT2D eigenvalue weighted by molar-refractivity contribution is -0.172. The van der Waals surface area contributed by atoms with Gasteiger partial charge in [-0.1, -0.05) is 60.7 Å². The molecule has 4 nitrogen and oxygen atoms in total. The summed E-state index contributed by atoms with van der Waals surface area (Å²) in [5.74, 6) is -3.14. The highest BCUT2D eigenvalue weighted by molar-refractivity contribution is 6.02. The molecule has 0 saturated carbocycles. The molecule has 0 aliphatic heterocycles. The van der Waals surface area contributed by atoms with E-state index in [2.05, 4.69) is 0 Å². The second-order valence-corrected chi connectivity index (χ2v) is 5.35. The highest BCUT2D eigenvalue weighted by Gasteiger charge is 2.39. The fourth-order valence-electron chi connectivity index (χ4n) is 2.13. The van der Waals surface area contributed by atoms with E-state index in [1.165, 1.54) is 12.1 Å². The van der Waals surface area contributed by atoms with Crippen LogP contribution in [0.2, 0.25) is 0 Å². The molecular formula is C19H16F3NO3. The topological polar surface area (TPSA) is 55.4 Å². The Labute approximate surface area is 148 Å². The lowest BCUT2D eigenvalue weighted by atomic mass is 10.1. The first kappa shape index (κ1) is 19.2. The molecule has 0 aromatic heterocycles. The van der Waals surface area contributed by atoms with Crippen LogP contribution in [0.4, 0.5) is 13.2 Å². The smallest absolute Gasteiger partial charge is 0.471 e. The second kappa shape index (κ2) is 8.33. The van der Waals surface area contributed by atoms with Gasteiger partial charge in [0.05, 0.1) is 5.70 Å². The maximum atomic E-state index is 12.7. The van der Waals surface area contributed by atoms with E-state index in [-0.39, 0.29) is 23.6 Å². The molecule has 0 unspecified atom stereocenters. The molecule has 0 aliphatic rings. The van der Waals surface area contributed by atoms with Gasteiger partial charge in [-0.25, -0.2) is 0 Å². The van der Waals surface area contributed by atoms with Crippen molar-refractivity contribution in [2.45, 2.75) is 19.7 Å². The fraction of sp³-hybridized carbons (Fsp3) is 0.158. The molecule has 0 atom stereocenters. The number of halogens is 3. The van der Waals surface area contributed by atoms with Crippen molar-refractivity contribution in [3.05, 3.63) is 77.5 Å². The van der Waals surface area contributed by atoms with Crippen LogP contribution in [0.1, 0.15) is 18.1 Å². The first-order valence-electron chi connectivity index (χ1n) is 7.64. The molecule has 0 radical (unpaired) electrons. The zero-order valence-electron chi connectivity index (χ0n) is 13.8. The van der Waals surface area contributed by atoms with Crippen LogP contribution in [0.25, 0.3) is 5.70 Å². The van der Waals surface area contributed by atoms with Crippen LogP contribution in [0.15, 0.2) is 66.4 Å². The Morgan fingerprint density at radius 3 is 2.00 bits per heavy atom. The Balaban J connectivity index is 2.42. The minimum atomic E-state index is -5.10. The fourth-order valence-corrected chi connectivity index (χ4v) is 2.13. The van der Waals surface area contributed by atoms with Gasteiger partial charge in [-0.05, 0) is 5.56 Å². The van der Waals surface area contributed by atoms with Crippen LogP contribution >= 0.6 is 0 Å². The summed E-state index contributed by atoms with van der Waals surface area (Å²) in [4.78, 5) is 23.4. The average Bonchev–Trinajstić information content (AvgIpc) is 2.61. The number of carbonyl (C=O) groups excluding carboxylic acids is 2. The van der Waals surface area contributed by atoms with Gasteiger partial charge < -0.3 is 10.1 Å². The van der Waals surface area contributed by atoms with Crippen LogP contribution in [0, 0.1) is 0 Å². The molecule has 2 rings (SSSR count). The number of alkyl halides is 3. The number of ketones is 1. The molecule has 1 amide bonds. The maximum Gasteiger partial charge on any atom is 0.471 e. The van der Waals surface area contributed by atoms with Crippen molar-refractivity contribution in [2.75, 3.05) is 0 Å². The van der Waals surface area contributed by atoms with Crippen molar-refractivity contribution in [1.29, 1.82) is 0 Å². The number of rotatable bonds is 6. The molecule has 0 heterocycles. The molecule has 2 aromatic rings. The second-order valence-electron chi connectivity index (χ2n) is 5.35. The van der Waals surface area contributed by atoms with Gasteiger partial charge in [-0.3, -0.25) is 9.59 Å². The summed E-state index contributed by atoms with van der Waals surface area (Å²) >= 11 is 0. The van der Waals surface area contributed by atoms with Crippen molar-refractivity contribution >= 4 is 17.4 Å². The Bertz CT molecular complexity index is 800. The van der Waals surface area contributed by atoms with E-state index in [9.17, 15) is 22.8 Å². The molecule has 0 aliphatic carbocycles. The number of nitrogens with one attached hydrogen (secondary N) is 1. The molecule has 2 aromatic carbocycles. The minimum Gasteiger partial charge on any atom is -0.483 e. The minimum absolute atomic E-state index is 0.0338. The number of Topliss-reactive ketones (excluding diaryl/α,β-unsaturated/α-hetero) is 1. The van der Waals surface area contributed by atoms with Crippen LogP contribution in [-0.4, -0.2) is 17.9 Å². The third-order valence-electron chi connectivity index (χ3n) is 3.33. The molecular weight excluding hydrogens is 347 g/mol. The van der Waals surface area contributed by atoms with Crippen LogP contribution in [0.3, 0.4) is 0 Å². The average molecular weight is 363 g/mol. The van der Waals surface area contributed by atoms with Crippen LogP contribution < -0.4 is 5.32 Å². The standard InChI is InChI=1S/C19H16F3NO3/c1-13(24)17(26-12-14-8-4-2-5-9-14)16(15-10-6-3-7-11-15)23-18(25)19(20,21)22/h2-11H,12H2,1H3,(H,23,25)/b17-16+. The lowest BCUT2D eigenvalue weighted by Gasteiger charge is -2.17. The summed E-state index contributed by atoms with van der Waals surface area (Å²) in [6.07, 6.45) is -5.10. The van der Waals surface area contributed by atoms with Gasteiger partial charge in [0.1, 0.15) is 6.61 Å². The molecule has 136 valence electrons. The van der Waals surface area contributed by atoms with E-state index in [4.69, 9.17) is 4.74 Å². The molecule has 0 bridgehead atoms. The Hall–Kier alpha value is -3.09. The van der Waals surface area contributed by atoms with Crippen molar-refractivity contribution in [2.24, 2.45) is 0 Å². The van der Waals surface area contributed by atoms with Gasteiger partial charge in [0.25, 0.3) is 0 Å². The van der Waals surface area contributed by atoms with Gasteiger partial charge in [-0.2, -0.15) is 13.2 Å². The monoisotopic (exact) mass is 363 g/mol. The molecule has 7 heteroatoms. The number of hydrogen-bond donors (Lipinski definition) is 1. The van der Waals surface area contributed by atoms with Crippen molar-refractivity contribution in [3.8, 4) is 0 Å². The predicted molar refractivity (Wildman–Crippen MR) is 89.5 cm³/mol.